The van der Waals surface area contributed by atoms with E-state index in [1.165, 1.54) is 6.42 Å². The first kappa shape index (κ1) is 25.2. The zero-order chi connectivity index (χ0) is 19.9. The fourth-order valence-electron chi connectivity index (χ4n) is 3.85. The van der Waals surface area contributed by atoms with Crippen molar-refractivity contribution in [3.63, 3.8) is 0 Å². The summed E-state index contributed by atoms with van der Waals surface area (Å²) in [5.41, 5.74) is 2.29. The van der Waals surface area contributed by atoms with Gasteiger partial charge in [0.1, 0.15) is 5.76 Å². The van der Waals surface area contributed by atoms with Gasteiger partial charge in [0.05, 0.1) is 18.3 Å². The summed E-state index contributed by atoms with van der Waals surface area (Å²) in [5, 5.41) is 11.1. The smallest absolute Gasteiger partial charge is 0.191 e. The van der Waals surface area contributed by atoms with Crippen LogP contribution >= 0.6 is 24.0 Å². The molecule has 2 unspecified atom stereocenters. The standard InChI is InChI=1S/C21H38N4O2.HI/c1-7-17-16(18(8-2)27-25-17)14-24-20(22-9-3)23-13-15-11-10-12-26-19(15)21(4,5)6;/h15,19H,7-14H2,1-6H3,(H2,22,23,24);1H. The molecule has 0 spiro atoms. The van der Waals surface area contributed by atoms with E-state index in [9.17, 15) is 0 Å². The maximum absolute atomic E-state index is 6.11. The van der Waals surface area contributed by atoms with Gasteiger partial charge in [-0.1, -0.05) is 39.8 Å². The van der Waals surface area contributed by atoms with Crippen molar-refractivity contribution in [3.05, 3.63) is 17.0 Å². The zero-order valence-corrected chi connectivity index (χ0v) is 20.8. The summed E-state index contributed by atoms with van der Waals surface area (Å²) in [6.07, 6.45) is 4.31. The molecule has 6 nitrogen and oxygen atoms in total. The minimum Gasteiger partial charge on any atom is -0.377 e. The third-order valence-corrected chi connectivity index (χ3v) is 5.18. The van der Waals surface area contributed by atoms with Crippen LogP contribution in [0.2, 0.25) is 0 Å². The second kappa shape index (κ2) is 12.0. The minimum absolute atomic E-state index is 0. The Morgan fingerprint density at radius 3 is 2.54 bits per heavy atom. The van der Waals surface area contributed by atoms with Gasteiger partial charge in [0.2, 0.25) is 0 Å². The van der Waals surface area contributed by atoms with Crippen molar-refractivity contribution in [2.45, 2.75) is 79.9 Å². The van der Waals surface area contributed by atoms with E-state index < -0.39 is 0 Å². The molecule has 2 heterocycles. The number of ether oxygens (including phenoxy) is 1. The highest BCUT2D eigenvalue weighted by atomic mass is 127. The molecule has 2 atom stereocenters. The van der Waals surface area contributed by atoms with Crippen LogP contribution < -0.4 is 10.6 Å². The normalized spacial score (nSPS) is 20.6. The summed E-state index contributed by atoms with van der Waals surface area (Å²) in [4.78, 5) is 4.80. The van der Waals surface area contributed by atoms with Gasteiger partial charge in [0.25, 0.3) is 0 Å². The SMILES string of the molecule is CCNC(=NCc1c(CC)noc1CC)NCC1CCCOC1C(C)(C)C.I. The third-order valence-electron chi connectivity index (χ3n) is 5.18. The van der Waals surface area contributed by atoms with E-state index in [1.807, 2.05) is 0 Å². The predicted octanol–water partition coefficient (Wildman–Crippen LogP) is 4.31. The molecule has 1 aliphatic rings. The summed E-state index contributed by atoms with van der Waals surface area (Å²) in [6, 6.07) is 0. The number of hydrogen-bond acceptors (Lipinski definition) is 4. The van der Waals surface area contributed by atoms with E-state index >= 15 is 0 Å². The quantitative estimate of drug-likeness (QED) is 0.328. The van der Waals surface area contributed by atoms with Crippen LogP contribution in [0.5, 0.6) is 0 Å². The lowest BCUT2D eigenvalue weighted by atomic mass is 9.78. The first-order valence-corrected chi connectivity index (χ1v) is 10.5. The topological polar surface area (TPSA) is 71.7 Å². The first-order chi connectivity index (χ1) is 12.9. The Kier molecular flexibility index (Phi) is 10.8. The number of guanidine groups is 1. The van der Waals surface area contributed by atoms with Crippen molar-refractivity contribution in [3.8, 4) is 0 Å². The average molecular weight is 506 g/mol. The molecule has 1 aliphatic heterocycles. The highest BCUT2D eigenvalue weighted by Crippen LogP contribution is 2.33. The number of rotatable bonds is 7. The molecule has 0 aliphatic carbocycles. The molecular formula is C21H39IN4O2. The molecule has 0 saturated carbocycles. The Morgan fingerprint density at radius 2 is 1.93 bits per heavy atom. The molecule has 28 heavy (non-hydrogen) atoms. The molecule has 0 bridgehead atoms. The van der Waals surface area contributed by atoms with Crippen LogP contribution in [0.15, 0.2) is 9.52 Å². The Labute approximate surface area is 187 Å². The van der Waals surface area contributed by atoms with E-state index in [0.717, 1.165) is 61.9 Å². The molecule has 0 radical (unpaired) electrons. The molecule has 7 heteroatoms. The fourth-order valence-corrected chi connectivity index (χ4v) is 3.85. The van der Waals surface area contributed by atoms with Gasteiger partial charge in [-0.15, -0.1) is 24.0 Å². The minimum atomic E-state index is 0. The van der Waals surface area contributed by atoms with E-state index in [4.69, 9.17) is 14.3 Å². The maximum Gasteiger partial charge on any atom is 0.191 e. The van der Waals surface area contributed by atoms with E-state index in [0.29, 0.717) is 12.5 Å². The summed E-state index contributed by atoms with van der Waals surface area (Å²) in [5.74, 6) is 2.29. The van der Waals surface area contributed by atoms with Crippen LogP contribution in [-0.4, -0.2) is 36.9 Å². The van der Waals surface area contributed by atoms with Crippen LogP contribution in [0.25, 0.3) is 0 Å². The number of hydrogen-bond donors (Lipinski definition) is 2. The molecule has 1 saturated heterocycles. The number of nitrogens with one attached hydrogen (secondary N) is 2. The lowest BCUT2D eigenvalue weighted by Crippen LogP contribution is -2.47. The molecule has 1 fully saturated rings. The molecule has 2 rings (SSSR count). The van der Waals surface area contributed by atoms with Crippen LogP contribution in [0.4, 0.5) is 0 Å². The van der Waals surface area contributed by atoms with E-state index in [1.54, 1.807) is 0 Å². The first-order valence-electron chi connectivity index (χ1n) is 10.5. The van der Waals surface area contributed by atoms with Crippen LogP contribution in [0.1, 0.15) is 71.4 Å². The monoisotopic (exact) mass is 506 g/mol. The highest BCUT2D eigenvalue weighted by molar-refractivity contribution is 14.0. The maximum atomic E-state index is 6.11. The van der Waals surface area contributed by atoms with Gasteiger partial charge in [-0.2, -0.15) is 0 Å². The highest BCUT2D eigenvalue weighted by Gasteiger charge is 2.35. The third kappa shape index (κ3) is 6.90. The Balaban J connectivity index is 0.00000392. The summed E-state index contributed by atoms with van der Waals surface area (Å²) < 4.78 is 11.6. The van der Waals surface area contributed by atoms with Gasteiger partial charge in [-0.3, -0.25) is 0 Å². The molecule has 162 valence electrons. The van der Waals surface area contributed by atoms with Gasteiger partial charge in [-0.25, -0.2) is 4.99 Å². The Hall–Kier alpha value is -0.830. The molecule has 1 aromatic heterocycles. The van der Waals surface area contributed by atoms with E-state index in [2.05, 4.69) is 57.3 Å². The molecule has 0 amide bonds. The Bertz CT molecular complexity index is 589. The number of aryl methyl sites for hydroxylation is 2. The number of aliphatic imine (C=N–C) groups is 1. The van der Waals surface area contributed by atoms with Crippen molar-refractivity contribution in [2.24, 2.45) is 16.3 Å². The van der Waals surface area contributed by atoms with Gasteiger partial charge in [0, 0.05) is 37.6 Å². The molecular weight excluding hydrogens is 467 g/mol. The van der Waals surface area contributed by atoms with Crippen molar-refractivity contribution < 1.29 is 9.26 Å². The summed E-state index contributed by atoms with van der Waals surface area (Å²) in [7, 11) is 0. The fraction of sp³-hybridized carbons (Fsp3) is 0.810. The average Bonchev–Trinajstić information content (AvgIpc) is 3.05. The second-order valence-corrected chi connectivity index (χ2v) is 8.37. The van der Waals surface area contributed by atoms with Crippen LogP contribution in [-0.2, 0) is 24.1 Å². The largest absolute Gasteiger partial charge is 0.377 e. The summed E-state index contributed by atoms with van der Waals surface area (Å²) >= 11 is 0. The lowest BCUT2D eigenvalue weighted by Gasteiger charge is -2.40. The molecule has 1 aromatic rings. The van der Waals surface area contributed by atoms with Crippen molar-refractivity contribution in [2.75, 3.05) is 19.7 Å². The van der Waals surface area contributed by atoms with Gasteiger partial charge >= 0.3 is 0 Å². The second-order valence-electron chi connectivity index (χ2n) is 8.37. The number of nitrogens with zero attached hydrogens (tertiary/aromatic N) is 2. The summed E-state index contributed by atoms with van der Waals surface area (Å²) in [6.45, 7) is 16.2. The van der Waals surface area contributed by atoms with E-state index in [-0.39, 0.29) is 35.5 Å². The Morgan fingerprint density at radius 1 is 1.18 bits per heavy atom. The van der Waals surface area contributed by atoms with Gasteiger partial charge in [0.15, 0.2) is 5.96 Å². The lowest BCUT2D eigenvalue weighted by molar-refractivity contribution is -0.0835. The van der Waals surface area contributed by atoms with Gasteiger partial charge in [-0.05, 0) is 31.6 Å². The predicted molar refractivity (Wildman–Crippen MR) is 125 cm³/mol. The molecule has 0 aromatic carbocycles. The number of halogens is 1. The van der Waals surface area contributed by atoms with Crippen molar-refractivity contribution in [1.29, 1.82) is 0 Å². The zero-order valence-electron chi connectivity index (χ0n) is 18.4. The van der Waals surface area contributed by atoms with Crippen LogP contribution in [0.3, 0.4) is 0 Å². The number of aromatic nitrogens is 1. The van der Waals surface area contributed by atoms with Crippen molar-refractivity contribution in [1.82, 2.24) is 15.8 Å². The van der Waals surface area contributed by atoms with Crippen molar-refractivity contribution >= 4 is 29.9 Å². The molecule has 2 N–H and O–H groups in total. The van der Waals surface area contributed by atoms with Gasteiger partial charge < -0.3 is 19.9 Å². The van der Waals surface area contributed by atoms with Crippen LogP contribution in [0, 0.1) is 11.3 Å².